The average molecular weight is 468 g/mol. The number of hydrogen-bond donors (Lipinski definition) is 2. The minimum atomic E-state index is -0.318. The Morgan fingerprint density at radius 2 is 1.67 bits per heavy atom. The molecule has 0 bridgehead atoms. The first-order chi connectivity index (χ1) is 16.1. The summed E-state index contributed by atoms with van der Waals surface area (Å²) in [6.07, 6.45) is 7.99. The van der Waals surface area contributed by atoms with Gasteiger partial charge in [-0.25, -0.2) is 0 Å². The Bertz CT molecular complexity index is 940. The molecular weight excluding hydrogens is 434 g/mol. The number of hydrogen-bond acceptors (Lipinski definition) is 4. The van der Waals surface area contributed by atoms with Crippen molar-refractivity contribution in [3.05, 3.63) is 59.7 Å². The summed E-state index contributed by atoms with van der Waals surface area (Å²) in [6.45, 7) is 4.42. The maximum Gasteiger partial charge on any atom is 0.257 e. The smallest absolute Gasteiger partial charge is 0.257 e. The minimum absolute atomic E-state index is 0.0225. The number of amides is 2. The van der Waals surface area contributed by atoms with E-state index in [-0.39, 0.29) is 16.9 Å². The van der Waals surface area contributed by atoms with E-state index >= 15 is 0 Å². The van der Waals surface area contributed by atoms with Gasteiger partial charge in [-0.2, -0.15) is 0 Å². The van der Waals surface area contributed by atoms with Crippen molar-refractivity contribution < 1.29 is 14.3 Å². The van der Waals surface area contributed by atoms with Crippen LogP contribution in [-0.2, 0) is 0 Å². The lowest BCUT2D eigenvalue weighted by Gasteiger charge is -2.18. The molecule has 33 heavy (non-hydrogen) atoms. The number of ether oxygens (including phenoxy) is 1. The van der Waals surface area contributed by atoms with Crippen molar-refractivity contribution in [1.29, 1.82) is 0 Å². The SMILES string of the molecule is CCCCCCCOc1ccc(C(=O)NC(=S)Nc2ccccc2C(=O)N2CCCC2)cc1. The van der Waals surface area contributed by atoms with Gasteiger partial charge in [-0.1, -0.05) is 44.7 Å². The molecule has 1 fully saturated rings. The van der Waals surface area contributed by atoms with E-state index in [1.165, 1.54) is 25.7 Å². The Kier molecular flexibility index (Phi) is 9.69. The Morgan fingerprint density at radius 1 is 0.970 bits per heavy atom. The van der Waals surface area contributed by atoms with Crippen LogP contribution in [0.15, 0.2) is 48.5 Å². The van der Waals surface area contributed by atoms with Gasteiger partial charge in [-0.15, -0.1) is 0 Å². The van der Waals surface area contributed by atoms with Crippen molar-refractivity contribution in [3.8, 4) is 5.75 Å². The Morgan fingerprint density at radius 3 is 2.39 bits per heavy atom. The number of carbonyl (C=O) groups excluding carboxylic acids is 2. The summed E-state index contributed by atoms with van der Waals surface area (Å²) in [5.74, 6) is 0.407. The molecule has 0 saturated carbocycles. The summed E-state index contributed by atoms with van der Waals surface area (Å²) in [6, 6.07) is 14.2. The van der Waals surface area contributed by atoms with Gasteiger partial charge in [0.15, 0.2) is 5.11 Å². The molecule has 0 atom stereocenters. The second-order valence-corrected chi connectivity index (χ2v) is 8.65. The number of nitrogens with zero attached hydrogens (tertiary/aromatic N) is 1. The van der Waals surface area contributed by atoms with Crippen molar-refractivity contribution in [2.24, 2.45) is 0 Å². The van der Waals surface area contributed by atoms with Gasteiger partial charge in [0.05, 0.1) is 17.9 Å². The van der Waals surface area contributed by atoms with E-state index in [9.17, 15) is 9.59 Å². The number of nitrogens with one attached hydrogen (secondary N) is 2. The number of benzene rings is 2. The summed E-state index contributed by atoms with van der Waals surface area (Å²) in [5, 5.41) is 5.84. The Hall–Kier alpha value is -2.93. The van der Waals surface area contributed by atoms with Crippen LogP contribution in [0.2, 0.25) is 0 Å². The number of likely N-dealkylation sites (tertiary alicyclic amines) is 1. The fourth-order valence-electron chi connectivity index (χ4n) is 3.80. The predicted molar refractivity (Wildman–Crippen MR) is 136 cm³/mol. The molecule has 1 heterocycles. The number of carbonyl (C=O) groups is 2. The molecule has 176 valence electrons. The van der Waals surface area contributed by atoms with Crippen LogP contribution < -0.4 is 15.4 Å². The molecule has 0 spiro atoms. The van der Waals surface area contributed by atoms with E-state index in [1.807, 2.05) is 17.0 Å². The molecule has 2 N–H and O–H groups in total. The lowest BCUT2D eigenvalue weighted by Crippen LogP contribution is -2.35. The molecule has 7 heteroatoms. The molecule has 0 unspecified atom stereocenters. The van der Waals surface area contributed by atoms with Crippen LogP contribution in [0, 0.1) is 0 Å². The number of anilines is 1. The predicted octanol–water partition coefficient (Wildman–Crippen LogP) is 5.40. The average Bonchev–Trinajstić information content (AvgIpc) is 3.36. The van der Waals surface area contributed by atoms with E-state index in [2.05, 4.69) is 17.6 Å². The van der Waals surface area contributed by atoms with Crippen LogP contribution in [-0.4, -0.2) is 41.5 Å². The third kappa shape index (κ3) is 7.56. The molecule has 0 aliphatic carbocycles. The highest BCUT2D eigenvalue weighted by Crippen LogP contribution is 2.20. The van der Waals surface area contributed by atoms with Gasteiger partial charge in [0.25, 0.3) is 11.8 Å². The van der Waals surface area contributed by atoms with Crippen molar-refractivity contribution in [2.45, 2.75) is 51.9 Å². The maximum atomic E-state index is 12.8. The maximum absolute atomic E-state index is 12.8. The van der Waals surface area contributed by atoms with Crippen molar-refractivity contribution >= 4 is 34.8 Å². The first-order valence-corrected chi connectivity index (χ1v) is 12.2. The van der Waals surface area contributed by atoms with Gasteiger partial charge < -0.3 is 15.0 Å². The normalized spacial score (nSPS) is 12.9. The zero-order valence-corrected chi connectivity index (χ0v) is 20.1. The Labute approximate surface area is 201 Å². The van der Waals surface area contributed by atoms with Crippen molar-refractivity contribution in [3.63, 3.8) is 0 Å². The molecule has 6 nitrogen and oxygen atoms in total. The lowest BCUT2D eigenvalue weighted by atomic mass is 10.1. The summed E-state index contributed by atoms with van der Waals surface area (Å²) in [4.78, 5) is 27.2. The lowest BCUT2D eigenvalue weighted by molar-refractivity contribution is 0.0793. The van der Waals surface area contributed by atoms with Crippen LogP contribution in [0.5, 0.6) is 5.75 Å². The van der Waals surface area contributed by atoms with Crippen molar-refractivity contribution in [1.82, 2.24) is 10.2 Å². The molecule has 1 aliphatic heterocycles. The molecule has 3 rings (SSSR count). The fourth-order valence-corrected chi connectivity index (χ4v) is 4.00. The highest BCUT2D eigenvalue weighted by Gasteiger charge is 2.22. The first kappa shape index (κ1) is 24.7. The number of thiocarbonyl (C=S) groups is 1. The van der Waals surface area contributed by atoms with E-state index in [0.717, 1.165) is 38.1 Å². The highest BCUT2D eigenvalue weighted by molar-refractivity contribution is 7.80. The van der Waals surface area contributed by atoms with E-state index in [4.69, 9.17) is 17.0 Å². The zero-order chi connectivity index (χ0) is 23.5. The van der Waals surface area contributed by atoms with Crippen LogP contribution in [0.25, 0.3) is 0 Å². The quantitative estimate of drug-likeness (QED) is 0.362. The van der Waals surface area contributed by atoms with E-state index in [1.54, 1.807) is 36.4 Å². The summed E-state index contributed by atoms with van der Waals surface area (Å²) >= 11 is 5.33. The zero-order valence-electron chi connectivity index (χ0n) is 19.3. The number of para-hydroxylation sites is 1. The third-order valence-electron chi connectivity index (χ3n) is 5.66. The first-order valence-electron chi connectivity index (χ1n) is 11.8. The molecule has 2 aromatic carbocycles. The molecule has 0 aromatic heterocycles. The van der Waals surface area contributed by atoms with Gasteiger partial charge in [0, 0.05) is 18.7 Å². The summed E-state index contributed by atoms with van der Waals surface area (Å²) in [7, 11) is 0. The number of rotatable bonds is 10. The monoisotopic (exact) mass is 467 g/mol. The largest absolute Gasteiger partial charge is 0.494 e. The summed E-state index contributed by atoms with van der Waals surface area (Å²) in [5.41, 5.74) is 1.62. The van der Waals surface area contributed by atoms with Gasteiger partial charge in [-0.3, -0.25) is 14.9 Å². The molecular formula is C26H33N3O3S. The third-order valence-corrected chi connectivity index (χ3v) is 5.86. The van der Waals surface area contributed by atoms with Crippen LogP contribution >= 0.6 is 12.2 Å². The van der Waals surface area contributed by atoms with Gasteiger partial charge in [0.2, 0.25) is 0 Å². The summed E-state index contributed by atoms with van der Waals surface area (Å²) < 4.78 is 5.75. The van der Waals surface area contributed by atoms with Crippen LogP contribution in [0.4, 0.5) is 5.69 Å². The van der Waals surface area contributed by atoms with Gasteiger partial charge >= 0.3 is 0 Å². The molecule has 1 aliphatic rings. The second-order valence-electron chi connectivity index (χ2n) is 8.24. The minimum Gasteiger partial charge on any atom is -0.494 e. The second kappa shape index (κ2) is 12.9. The van der Waals surface area contributed by atoms with Crippen molar-refractivity contribution in [2.75, 3.05) is 25.0 Å². The topological polar surface area (TPSA) is 70.7 Å². The van der Waals surface area contributed by atoms with Crippen LogP contribution in [0.3, 0.4) is 0 Å². The van der Waals surface area contributed by atoms with Gasteiger partial charge in [-0.05, 0) is 67.9 Å². The fraction of sp³-hybridized carbons (Fsp3) is 0.423. The number of unbranched alkanes of at least 4 members (excludes halogenated alkanes) is 4. The van der Waals surface area contributed by atoms with E-state index in [0.29, 0.717) is 23.4 Å². The molecule has 1 saturated heterocycles. The van der Waals surface area contributed by atoms with Gasteiger partial charge in [0.1, 0.15) is 5.75 Å². The van der Waals surface area contributed by atoms with E-state index < -0.39 is 0 Å². The Balaban J connectivity index is 1.50. The van der Waals surface area contributed by atoms with Crippen LogP contribution in [0.1, 0.15) is 72.6 Å². The highest BCUT2D eigenvalue weighted by atomic mass is 32.1. The standard InChI is InChI=1S/C26H33N3O3S/c1-2-3-4-5-10-19-32-21-15-13-20(14-16-21)24(30)28-26(33)27-23-12-7-6-11-22(23)25(31)29-17-8-9-18-29/h6-7,11-16H,2-5,8-10,17-19H2,1H3,(H2,27,28,30,33). The molecule has 2 aromatic rings. The molecule has 0 radical (unpaired) electrons. The molecule has 2 amide bonds.